The van der Waals surface area contributed by atoms with Crippen molar-refractivity contribution in [2.24, 2.45) is 0 Å². The number of benzene rings is 2. The summed E-state index contributed by atoms with van der Waals surface area (Å²) in [6.45, 7) is 8.48. The van der Waals surface area contributed by atoms with Gasteiger partial charge in [0.05, 0.1) is 23.6 Å². The summed E-state index contributed by atoms with van der Waals surface area (Å²) < 4.78 is 24.8. The molecule has 2 atom stereocenters. The number of hydrogen-bond acceptors (Lipinski definition) is 3. The van der Waals surface area contributed by atoms with Gasteiger partial charge in [-0.15, -0.1) is 0 Å². The molecule has 2 heterocycles. The molecule has 2 saturated heterocycles. The lowest BCUT2D eigenvalue weighted by molar-refractivity contribution is 0.205. The van der Waals surface area contributed by atoms with Crippen LogP contribution in [0.5, 0.6) is 0 Å². The van der Waals surface area contributed by atoms with Gasteiger partial charge in [-0.1, -0.05) is 29.8 Å². The third-order valence-electron chi connectivity index (χ3n) is 5.81. The third-order valence-corrected chi connectivity index (χ3v) is 7.51. The van der Waals surface area contributed by atoms with E-state index in [1.807, 2.05) is 39.8 Å². The van der Waals surface area contributed by atoms with E-state index in [1.54, 1.807) is 9.80 Å². The number of urea groups is 1. The lowest BCUT2D eigenvalue weighted by Crippen LogP contribution is -2.37. The Morgan fingerprint density at radius 3 is 2.21 bits per heavy atom. The van der Waals surface area contributed by atoms with Gasteiger partial charge in [0, 0.05) is 12.2 Å². The molecular weight excluding hydrogens is 372 g/mol. The van der Waals surface area contributed by atoms with Gasteiger partial charge in [0.15, 0.2) is 9.84 Å². The van der Waals surface area contributed by atoms with Crippen LogP contribution in [0, 0.1) is 27.7 Å². The number of carbonyl (C=O) groups is 1. The monoisotopic (exact) mass is 398 g/mol. The third kappa shape index (κ3) is 3.30. The van der Waals surface area contributed by atoms with Crippen molar-refractivity contribution >= 4 is 21.6 Å². The van der Waals surface area contributed by atoms with Gasteiger partial charge in [-0.05, 0) is 62.1 Å². The van der Waals surface area contributed by atoms with Crippen LogP contribution >= 0.6 is 0 Å². The smallest absolute Gasteiger partial charge is 0.314 e. The predicted molar refractivity (Wildman–Crippen MR) is 111 cm³/mol. The maximum Gasteiger partial charge on any atom is 0.325 e. The Bertz CT molecular complexity index is 1040. The Hall–Kier alpha value is -2.34. The summed E-state index contributed by atoms with van der Waals surface area (Å²) >= 11 is 0. The van der Waals surface area contributed by atoms with Crippen LogP contribution in [0.4, 0.5) is 10.5 Å². The van der Waals surface area contributed by atoms with Crippen LogP contribution in [0.2, 0.25) is 0 Å². The van der Waals surface area contributed by atoms with Crippen molar-refractivity contribution in [1.82, 2.24) is 4.90 Å². The first-order valence-corrected chi connectivity index (χ1v) is 11.4. The lowest BCUT2D eigenvalue weighted by Gasteiger charge is -2.24. The van der Waals surface area contributed by atoms with Gasteiger partial charge in [-0.3, -0.25) is 4.90 Å². The maximum atomic E-state index is 13.4. The van der Waals surface area contributed by atoms with Crippen LogP contribution in [0.1, 0.15) is 27.8 Å². The van der Waals surface area contributed by atoms with E-state index in [0.29, 0.717) is 6.54 Å². The van der Waals surface area contributed by atoms with Crippen LogP contribution in [0.15, 0.2) is 36.4 Å². The maximum absolute atomic E-state index is 13.4. The highest BCUT2D eigenvalue weighted by Crippen LogP contribution is 2.37. The SMILES string of the molecule is Cc1cc(C)cc(N2C(=O)N(Cc3cc(C)ccc3C)C3CS(=O)(=O)CC32)c1. The standard InChI is InChI=1S/C22H26N2O3S/c1-14-5-6-17(4)18(8-14)11-23-20-12-28(26,27)13-21(20)24(22(23)25)19-9-15(2)7-16(3)10-19/h5-10,20-21H,11-13H2,1-4H3. The first-order valence-electron chi connectivity index (χ1n) is 9.59. The molecule has 2 unspecified atom stereocenters. The highest BCUT2D eigenvalue weighted by atomic mass is 32.2. The van der Waals surface area contributed by atoms with E-state index in [0.717, 1.165) is 33.5 Å². The van der Waals surface area contributed by atoms with E-state index < -0.39 is 9.84 Å². The second-order valence-electron chi connectivity index (χ2n) is 8.27. The summed E-state index contributed by atoms with van der Waals surface area (Å²) in [6, 6.07) is 11.4. The molecule has 2 aliphatic heterocycles. The summed E-state index contributed by atoms with van der Waals surface area (Å²) in [4.78, 5) is 16.9. The fourth-order valence-corrected chi connectivity index (χ4v) is 6.46. The van der Waals surface area contributed by atoms with Crippen molar-refractivity contribution in [2.75, 3.05) is 16.4 Å². The topological polar surface area (TPSA) is 57.7 Å². The first-order chi connectivity index (χ1) is 13.1. The molecule has 4 rings (SSSR count). The van der Waals surface area contributed by atoms with Crippen LogP contribution in [0.3, 0.4) is 0 Å². The molecule has 0 radical (unpaired) electrons. The number of anilines is 1. The molecule has 0 spiro atoms. The highest BCUT2D eigenvalue weighted by molar-refractivity contribution is 7.91. The van der Waals surface area contributed by atoms with Crippen LogP contribution < -0.4 is 4.90 Å². The number of fused-ring (bicyclic) bond motifs is 1. The molecule has 2 amide bonds. The quantitative estimate of drug-likeness (QED) is 0.743. The van der Waals surface area contributed by atoms with E-state index in [4.69, 9.17) is 0 Å². The summed E-state index contributed by atoms with van der Waals surface area (Å²) in [7, 11) is -3.17. The highest BCUT2D eigenvalue weighted by Gasteiger charge is 2.53. The number of sulfone groups is 1. The van der Waals surface area contributed by atoms with E-state index in [9.17, 15) is 13.2 Å². The van der Waals surface area contributed by atoms with Gasteiger partial charge in [0.2, 0.25) is 0 Å². The molecule has 5 nitrogen and oxygen atoms in total. The fraction of sp³-hybridized carbons (Fsp3) is 0.409. The first kappa shape index (κ1) is 19.0. The second kappa shape index (κ2) is 6.62. The lowest BCUT2D eigenvalue weighted by atomic mass is 10.0. The minimum Gasteiger partial charge on any atom is -0.314 e. The normalized spacial score (nSPS) is 23.4. The minimum atomic E-state index is -3.17. The van der Waals surface area contributed by atoms with Crippen LogP contribution in [0.25, 0.3) is 0 Å². The second-order valence-corrected chi connectivity index (χ2v) is 10.4. The summed E-state index contributed by atoms with van der Waals surface area (Å²) in [5.74, 6) is 0.0647. The molecule has 148 valence electrons. The van der Waals surface area contributed by atoms with Gasteiger partial charge < -0.3 is 4.90 Å². The molecule has 0 saturated carbocycles. The van der Waals surface area contributed by atoms with Gasteiger partial charge in [-0.25, -0.2) is 13.2 Å². The molecule has 2 aromatic rings. The number of amides is 2. The van der Waals surface area contributed by atoms with Crippen molar-refractivity contribution in [2.45, 2.75) is 46.3 Å². The van der Waals surface area contributed by atoms with Gasteiger partial charge in [0.1, 0.15) is 0 Å². The summed E-state index contributed by atoms with van der Waals surface area (Å²) in [5, 5.41) is 0. The van der Waals surface area contributed by atoms with Crippen LogP contribution in [-0.2, 0) is 16.4 Å². The van der Waals surface area contributed by atoms with Crippen molar-refractivity contribution < 1.29 is 13.2 Å². The molecule has 2 aliphatic rings. The van der Waals surface area contributed by atoms with E-state index >= 15 is 0 Å². The number of aryl methyl sites for hydroxylation is 4. The van der Waals surface area contributed by atoms with Gasteiger partial charge >= 0.3 is 6.03 Å². The van der Waals surface area contributed by atoms with Crippen molar-refractivity contribution in [3.63, 3.8) is 0 Å². The number of hydrogen-bond donors (Lipinski definition) is 0. The Morgan fingerprint density at radius 1 is 0.893 bits per heavy atom. The largest absolute Gasteiger partial charge is 0.325 e. The van der Waals surface area contributed by atoms with E-state index in [2.05, 4.69) is 24.3 Å². The Labute approximate surface area is 166 Å². The molecule has 0 aliphatic carbocycles. The minimum absolute atomic E-state index is 0.0275. The fourth-order valence-electron chi connectivity index (χ4n) is 4.51. The molecular formula is C22H26N2O3S. The number of nitrogens with zero attached hydrogens (tertiary/aromatic N) is 2. The zero-order valence-electron chi connectivity index (χ0n) is 16.8. The van der Waals surface area contributed by atoms with Crippen LogP contribution in [-0.4, -0.2) is 42.9 Å². The Balaban J connectivity index is 1.75. The molecule has 28 heavy (non-hydrogen) atoms. The van der Waals surface area contributed by atoms with Crippen molar-refractivity contribution in [3.05, 3.63) is 64.2 Å². The molecule has 2 aromatic carbocycles. The number of rotatable bonds is 3. The average molecular weight is 399 g/mol. The Kier molecular flexibility index (Phi) is 4.49. The van der Waals surface area contributed by atoms with Gasteiger partial charge in [0.25, 0.3) is 0 Å². The predicted octanol–water partition coefficient (Wildman–Crippen LogP) is 3.53. The zero-order valence-corrected chi connectivity index (χ0v) is 17.6. The molecule has 2 fully saturated rings. The zero-order chi connectivity index (χ0) is 20.2. The molecule has 6 heteroatoms. The summed E-state index contributed by atoms with van der Waals surface area (Å²) in [6.07, 6.45) is 0. The molecule has 0 aromatic heterocycles. The average Bonchev–Trinajstić information content (AvgIpc) is 3.01. The van der Waals surface area contributed by atoms with Crippen molar-refractivity contribution in [1.29, 1.82) is 0 Å². The molecule has 0 bridgehead atoms. The van der Waals surface area contributed by atoms with E-state index in [1.165, 1.54) is 0 Å². The van der Waals surface area contributed by atoms with E-state index in [-0.39, 0.29) is 29.6 Å². The summed E-state index contributed by atoms with van der Waals surface area (Å²) in [5.41, 5.74) is 6.23. The Morgan fingerprint density at radius 2 is 1.54 bits per heavy atom. The number of carbonyl (C=O) groups excluding carboxylic acids is 1. The molecule has 0 N–H and O–H groups in total. The van der Waals surface area contributed by atoms with Gasteiger partial charge in [-0.2, -0.15) is 0 Å². The van der Waals surface area contributed by atoms with Crippen molar-refractivity contribution in [3.8, 4) is 0 Å².